The second-order valence-electron chi connectivity index (χ2n) is 3.69. The molecule has 4 nitrogen and oxygen atoms in total. The maximum Gasteiger partial charge on any atom is 0.309 e. The molecule has 4 heteroatoms. The van der Waals surface area contributed by atoms with Gasteiger partial charge in [-0.3, -0.25) is 4.79 Å². The molecule has 0 aliphatic heterocycles. The Bertz CT molecular complexity index is 333. The van der Waals surface area contributed by atoms with Crippen molar-refractivity contribution in [1.82, 2.24) is 0 Å². The topological polar surface area (TPSA) is 61.5 Å². The van der Waals surface area contributed by atoms with Crippen molar-refractivity contribution in [1.29, 1.82) is 0 Å². The second kappa shape index (κ2) is 6.12. The Hall–Kier alpha value is -1.55. The largest absolute Gasteiger partial charge is 0.492 e. The van der Waals surface area contributed by atoms with Gasteiger partial charge in [0.25, 0.3) is 0 Å². The van der Waals surface area contributed by atoms with Gasteiger partial charge in [-0.2, -0.15) is 0 Å². The van der Waals surface area contributed by atoms with Crippen LogP contribution in [0, 0.1) is 0 Å². The SMILES string of the molecule is COC(=O)Cc1ccc(OCC(C)N)cc1. The Morgan fingerprint density at radius 1 is 1.38 bits per heavy atom. The Morgan fingerprint density at radius 3 is 2.50 bits per heavy atom. The monoisotopic (exact) mass is 223 g/mol. The molecule has 0 fully saturated rings. The molecular formula is C12H17NO3. The van der Waals surface area contributed by atoms with E-state index in [0.717, 1.165) is 11.3 Å². The van der Waals surface area contributed by atoms with Crippen molar-refractivity contribution in [3.05, 3.63) is 29.8 Å². The number of rotatable bonds is 5. The molecule has 0 aromatic heterocycles. The van der Waals surface area contributed by atoms with Crippen LogP contribution in [0.1, 0.15) is 12.5 Å². The van der Waals surface area contributed by atoms with E-state index < -0.39 is 0 Å². The third-order valence-electron chi connectivity index (χ3n) is 2.01. The summed E-state index contributed by atoms with van der Waals surface area (Å²) < 4.78 is 9.99. The summed E-state index contributed by atoms with van der Waals surface area (Å²) in [6.45, 7) is 2.36. The Labute approximate surface area is 95.3 Å². The summed E-state index contributed by atoms with van der Waals surface area (Å²) in [6.07, 6.45) is 0.282. The van der Waals surface area contributed by atoms with Crippen molar-refractivity contribution >= 4 is 5.97 Å². The van der Waals surface area contributed by atoms with Gasteiger partial charge in [0.1, 0.15) is 12.4 Å². The lowest BCUT2D eigenvalue weighted by Gasteiger charge is -2.09. The lowest BCUT2D eigenvalue weighted by Crippen LogP contribution is -2.23. The molecule has 1 aromatic carbocycles. The number of nitrogens with two attached hydrogens (primary N) is 1. The lowest BCUT2D eigenvalue weighted by atomic mass is 10.1. The molecule has 0 bridgehead atoms. The number of benzene rings is 1. The highest BCUT2D eigenvalue weighted by molar-refractivity contribution is 5.72. The summed E-state index contributed by atoms with van der Waals surface area (Å²) in [5, 5.41) is 0. The zero-order chi connectivity index (χ0) is 12.0. The third kappa shape index (κ3) is 4.31. The molecule has 0 saturated heterocycles. The van der Waals surface area contributed by atoms with E-state index in [9.17, 15) is 4.79 Å². The van der Waals surface area contributed by atoms with Gasteiger partial charge in [0, 0.05) is 6.04 Å². The molecule has 0 saturated carbocycles. The number of esters is 1. The van der Waals surface area contributed by atoms with Crippen LogP contribution in [0.15, 0.2) is 24.3 Å². The van der Waals surface area contributed by atoms with Crippen molar-refractivity contribution in [2.45, 2.75) is 19.4 Å². The van der Waals surface area contributed by atoms with Gasteiger partial charge in [-0.15, -0.1) is 0 Å². The van der Waals surface area contributed by atoms with Gasteiger partial charge >= 0.3 is 5.97 Å². The van der Waals surface area contributed by atoms with Gasteiger partial charge in [-0.25, -0.2) is 0 Å². The van der Waals surface area contributed by atoms with Crippen molar-refractivity contribution in [2.75, 3.05) is 13.7 Å². The summed E-state index contributed by atoms with van der Waals surface area (Å²) in [6, 6.07) is 7.33. The van der Waals surface area contributed by atoms with E-state index in [4.69, 9.17) is 10.5 Å². The second-order valence-corrected chi connectivity index (χ2v) is 3.69. The predicted molar refractivity (Wildman–Crippen MR) is 61.3 cm³/mol. The molecule has 2 N–H and O–H groups in total. The first-order valence-electron chi connectivity index (χ1n) is 5.16. The van der Waals surface area contributed by atoms with Gasteiger partial charge in [-0.1, -0.05) is 12.1 Å². The minimum atomic E-state index is -0.246. The molecule has 1 rings (SSSR count). The fourth-order valence-electron chi connectivity index (χ4n) is 1.17. The first-order chi connectivity index (χ1) is 7.61. The van der Waals surface area contributed by atoms with Crippen LogP contribution < -0.4 is 10.5 Å². The maximum atomic E-state index is 11.0. The number of ether oxygens (including phenoxy) is 2. The van der Waals surface area contributed by atoms with Crippen molar-refractivity contribution in [3.63, 3.8) is 0 Å². The van der Waals surface area contributed by atoms with Gasteiger partial charge in [0.15, 0.2) is 0 Å². The van der Waals surface area contributed by atoms with E-state index in [2.05, 4.69) is 4.74 Å². The number of hydrogen-bond donors (Lipinski definition) is 1. The number of methoxy groups -OCH3 is 1. The quantitative estimate of drug-likeness (QED) is 0.760. The standard InChI is InChI=1S/C12H17NO3/c1-9(13)8-16-11-5-3-10(4-6-11)7-12(14)15-2/h3-6,9H,7-8,13H2,1-2H3. The van der Waals surface area contributed by atoms with Crippen LogP contribution in [0.25, 0.3) is 0 Å². The van der Waals surface area contributed by atoms with Gasteiger partial charge in [0.2, 0.25) is 0 Å². The molecular weight excluding hydrogens is 206 g/mol. The van der Waals surface area contributed by atoms with Gasteiger partial charge < -0.3 is 15.2 Å². The van der Waals surface area contributed by atoms with E-state index in [-0.39, 0.29) is 18.4 Å². The van der Waals surface area contributed by atoms with Crippen LogP contribution in [0.2, 0.25) is 0 Å². The average molecular weight is 223 g/mol. The molecule has 1 unspecified atom stereocenters. The van der Waals surface area contributed by atoms with Crippen LogP contribution in [0.5, 0.6) is 5.75 Å². The molecule has 0 amide bonds. The Kier molecular flexibility index (Phi) is 4.79. The first-order valence-corrected chi connectivity index (χ1v) is 5.16. The van der Waals surface area contributed by atoms with Crippen LogP contribution in [0.4, 0.5) is 0 Å². The summed E-state index contributed by atoms with van der Waals surface area (Å²) in [5.74, 6) is 0.509. The molecule has 0 aliphatic rings. The Balaban J connectivity index is 2.51. The third-order valence-corrected chi connectivity index (χ3v) is 2.01. The fraction of sp³-hybridized carbons (Fsp3) is 0.417. The van der Waals surface area contributed by atoms with E-state index >= 15 is 0 Å². The minimum absolute atomic E-state index is 0.00902. The van der Waals surface area contributed by atoms with Crippen LogP contribution in [0.3, 0.4) is 0 Å². The molecule has 1 aromatic rings. The van der Waals surface area contributed by atoms with Crippen LogP contribution in [-0.2, 0) is 16.0 Å². The molecule has 0 radical (unpaired) electrons. The molecule has 0 spiro atoms. The summed E-state index contributed by atoms with van der Waals surface area (Å²) in [4.78, 5) is 11.0. The highest BCUT2D eigenvalue weighted by Gasteiger charge is 2.03. The highest BCUT2D eigenvalue weighted by atomic mass is 16.5. The highest BCUT2D eigenvalue weighted by Crippen LogP contribution is 2.12. The summed E-state index contributed by atoms with van der Waals surface area (Å²) >= 11 is 0. The normalized spacial score (nSPS) is 11.9. The predicted octanol–water partition coefficient (Wildman–Crippen LogP) is 1.13. The minimum Gasteiger partial charge on any atom is -0.492 e. The number of carbonyl (C=O) groups excluding carboxylic acids is 1. The summed E-state index contributed by atoms with van der Waals surface area (Å²) in [5.41, 5.74) is 6.47. The molecule has 16 heavy (non-hydrogen) atoms. The molecule has 0 aliphatic carbocycles. The molecule has 0 heterocycles. The average Bonchev–Trinajstić information content (AvgIpc) is 2.28. The molecule has 1 atom stereocenters. The van der Waals surface area contributed by atoms with Crippen LogP contribution in [-0.4, -0.2) is 25.7 Å². The lowest BCUT2D eigenvalue weighted by molar-refractivity contribution is -0.139. The first kappa shape index (κ1) is 12.5. The van der Waals surface area contributed by atoms with E-state index in [1.807, 2.05) is 31.2 Å². The van der Waals surface area contributed by atoms with E-state index in [1.54, 1.807) is 0 Å². The molecule has 88 valence electrons. The van der Waals surface area contributed by atoms with Crippen molar-refractivity contribution in [2.24, 2.45) is 5.73 Å². The fourth-order valence-corrected chi connectivity index (χ4v) is 1.17. The van der Waals surface area contributed by atoms with Gasteiger partial charge in [0.05, 0.1) is 13.5 Å². The Morgan fingerprint density at radius 2 is 2.00 bits per heavy atom. The van der Waals surface area contributed by atoms with E-state index in [0.29, 0.717) is 6.61 Å². The van der Waals surface area contributed by atoms with E-state index in [1.165, 1.54) is 7.11 Å². The van der Waals surface area contributed by atoms with Crippen molar-refractivity contribution < 1.29 is 14.3 Å². The summed E-state index contributed by atoms with van der Waals surface area (Å²) in [7, 11) is 1.38. The number of hydrogen-bond acceptors (Lipinski definition) is 4. The number of carbonyl (C=O) groups is 1. The van der Waals surface area contributed by atoms with Crippen LogP contribution >= 0.6 is 0 Å². The maximum absolute atomic E-state index is 11.0. The smallest absolute Gasteiger partial charge is 0.309 e. The van der Waals surface area contributed by atoms with Gasteiger partial charge in [-0.05, 0) is 24.6 Å². The zero-order valence-electron chi connectivity index (χ0n) is 9.60. The zero-order valence-corrected chi connectivity index (χ0v) is 9.60. The van der Waals surface area contributed by atoms with Crippen molar-refractivity contribution in [3.8, 4) is 5.75 Å².